The number of para-hydroxylation sites is 1. The number of phosphoric ester groups is 1. The number of unbranched alkanes of at least 4 members (excludes halogenated alkanes) is 15. The van der Waals surface area contributed by atoms with E-state index in [0.29, 0.717) is 24.1 Å². The highest BCUT2D eigenvalue weighted by Gasteiger charge is 2.20. The summed E-state index contributed by atoms with van der Waals surface area (Å²) in [5.74, 6) is 0.496. The molecule has 0 bridgehead atoms. The van der Waals surface area contributed by atoms with Gasteiger partial charge in [0.05, 0.1) is 34.4 Å². The molecule has 8 heteroatoms. The lowest BCUT2D eigenvalue weighted by Gasteiger charge is -2.28. The first-order chi connectivity index (χ1) is 20.5. The van der Waals surface area contributed by atoms with E-state index in [1.54, 1.807) is 0 Å². The average Bonchev–Trinajstić information content (AvgIpc) is 2.93. The van der Waals surface area contributed by atoms with Crippen LogP contribution in [0.5, 0.6) is 5.75 Å². The van der Waals surface area contributed by atoms with E-state index >= 15 is 0 Å². The molecule has 0 heterocycles. The Labute approximate surface area is 264 Å². The number of hydrogen-bond acceptors (Lipinski definition) is 6. The van der Waals surface area contributed by atoms with Gasteiger partial charge in [-0.2, -0.15) is 0 Å². The third-order valence-corrected chi connectivity index (χ3v) is 8.76. The van der Waals surface area contributed by atoms with Gasteiger partial charge in [0.1, 0.15) is 24.7 Å². The highest BCUT2D eigenvalue weighted by molar-refractivity contribution is 7.45. The summed E-state index contributed by atoms with van der Waals surface area (Å²) in [5.41, 5.74) is 0.959. The molecule has 0 fully saturated rings. The lowest BCUT2D eigenvalue weighted by Crippen LogP contribution is -2.37. The van der Waals surface area contributed by atoms with Gasteiger partial charge >= 0.3 is 0 Å². The summed E-state index contributed by atoms with van der Waals surface area (Å²) < 4.78 is 29.2. The van der Waals surface area contributed by atoms with Gasteiger partial charge in [0, 0.05) is 6.42 Å². The van der Waals surface area contributed by atoms with Crippen LogP contribution in [0, 0.1) is 5.92 Å². The zero-order valence-corrected chi connectivity index (χ0v) is 29.2. The number of likely N-dealkylation sites (N-methyl/N-ethyl adjacent to an activating group) is 1. The van der Waals surface area contributed by atoms with E-state index in [9.17, 15) is 14.3 Å². The molecule has 43 heavy (non-hydrogen) atoms. The number of hydrogen-bond donors (Lipinski definition) is 0. The summed E-state index contributed by atoms with van der Waals surface area (Å²) in [6.45, 7) is 4.94. The second kappa shape index (κ2) is 24.1. The number of Topliss-reactive ketones (excluding diaryl/α,β-unsaturated/α-hetero) is 1. The van der Waals surface area contributed by atoms with Crippen LogP contribution in [0.1, 0.15) is 129 Å². The molecule has 0 amide bonds. The second-order valence-corrected chi connectivity index (χ2v) is 14.7. The van der Waals surface area contributed by atoms with Crippen LogP contribution in [0.3, 0.4) is 0 Å². The molecule has 2 atom stereocenters. The SMILES string of the molecule is CCCCCCCCCCCCCCCCCCOc1ccccc1CC(COP(=O)([O-])OCC[N+](C)(C)C)CC(C)=O. The van der Waals surface area contributed by atoms with Crippen molar-refractivity contribution in [2.75, 3.05) is 47.5 Å². The molecule has 2 unspecified atom stereocenters. The lowest BCUT2D eigenvalue weighted by atomic mass is 9.95. The van der Waals surface area contributed by atoms with Crippen molar-refractivity contribution in [3.05, 3.63) is 29.8 Å². The molecule has 0 aliphatic carbocycles. The maximum Gasteiger partial charge on any atom is 0.268 e. The molecule has 0 saturated carbocycles. The molecule has 0 aliphatic rings. The summed E-state index contributed by atoms with van der Waals surface area (Å²) >= 11 is 0. The van der Waals surface area contributed by atoms with Gasteiger partial charge in [-0.05, 0) is 37.3 Å². The Morgan fingerprint density at radius 2 is 1.30 bits per heavy atom. The van der Waals surface area contributed by atoms with Gasteiger partial charge in [-0.15, -0.1) is 0 Å². The Kier molecular flexibility index (Phi) is 22.3. The first kappa shape index (κ1) is 39.8. The summed E-state index contributed by atoms with van der Waals surface area (Å²) in [7, 11) is 1.44. The van der Waals surface area contributed by atoms with Crippen molar-refractivity contribution < 1.29 is 32.5 Å². The van der Waals surface area contributed by atoms with E-state index in [4.69, 9.17) is 13.8 Å². The molecule has 1 aromatic rings. The van der Waals surface area contributed by atoms with Crippen LogP contribution in [-0.4, -0.2) is 57.8 Å². The van der Waals surface area contributed by atoms with Gasteiger partial charge in [0.25, 0.3) is 7.82 Å². The monoisotopic (exact) mass is 625 g/mol. The van der Waals surface area contributed by atoms with Gasteiger partial charge in [0.15, 0.2) is 0 Å². The van der Waals surface area contributed by atoms with Crippen molar-refractivity contribution in [1.82, 2.24) is 0 Å². The van der Waals surface area contributed by atoms with E-state index in [2.05, 4.69) is 6.92 Å². The first-order valence-electron chi connectivity index (χ1n) is 17.1. The summed E-state index contributed by atoms with van der Waals surface area (Å²) in [6, 6.07) is 7.80. The van der Waals surface area contributed by atoms with Gasteiger partial charge in [-0.3, -0.25) is 4.57 Å². The molecule has 1 aromatic carbocycles. The minimum absolute atomic E-state index is 0.00755. The summed E-state index contributed by atoms with van der Waals surface area (Å²) in [6.07, 6.45) is 22.1. The normalized spacial score (nSPS) is 14.0. The Morgan fingerprint density at radius 1 is 0.791 bits per heavy atom. The predicted molar refractivity (Wildman–Crippen MR) is 176 cm³/mol. The number of quaternary nitrogens is 1. The van der Waals surface area contributed by atoms with Crippen LogP contribution in [0.15, 0.2) is 24.3 Å². The maximum absolute atomic E-state index is 12.3. The number of rotatable bonds is 29. The number of ether oxygens (including phenoxy) is 1. The number of phosphoric acid groups is 1. The molecule has 0 spiro atoms. The number of benzene rings is 1. The molecule has 0 aliphatic heterocycles. The standard InChI is InChI=1S/C35H64NO6P/c1-6-7-8-9-10-11-12-13-14-15-16-17-18-19-20-23-27-40-35-25-22-21-24-34(35)30-33(29-32(2)37)31-42-43(38,39)41-28-26-36(3,4)5/h21-22,24-25,33H,6-20,23,26-31H2,1-5H3. The van der Waals surface area contributed by atoms with Crippen LogP contribution >= 0.6 is 7.82 Å². The van der Waals surface area contributed by atoms with Crippen molar-refractivity contribution in [2.24, 2.45) is 5.92 Å². The fraction of sp³-hybridized carbons (Fsp3) is 0.800. The quantitative estimate of drug-likeness (QED) is 0.0503. The minimum atomic E-state index is -4.44. The van der Waals surface area contributed by atoms with Crippen molar-refractivity contribution in [3.63, 3.8) is 0 Å². The molecular formula is C35H64NO6P. The Hall–Kier alpha value is -1.24. The third kappa shape index (κ3) is 23.8. The molecule has 7 nitrogen and oxygen atoms in total. The zero-order chi connectivity index (χ0) is 31.8. The van der Waals surface area contributed by atoms with Crippen molar-refractivity contribution in [1.29, 1.82) is 0 Å². The predicted octanol–water partition coefficient (Wildman–Crippen LogP) is 8.67. The molecule has 1 rings (SSSR count). The van der Waals surface area contributed by atoms with Gasteiger partial charge < -0.3 is 28.0 Å². The van der Waals surface area contributed by atoms with E-state index < -0.39 is 7.82 Å². The van der Waals surface area contributed by atoms with Crippen LogP contribution < -0.4 is 9.63 Å². The second-order valence-electron chi connectivity index (χ2n) is 13.3. The first-order valence-corrected chi connectivity index (χ1v) is 18.6. The fourth-order valence-electron chi connectivity index (χ4n) is 5.21. The maximum atomic E-state index is 12.3. The minimum Gasteiger partial charge on any atom is -0.756 e. The highest BCUT2D eigenvalue weighted by Crippen LogP contribution is 2.39. The Bertz CT molecular complexity index is 887. The van der Waals surface area contributed by atoms with Crippen LogP contribution in [0.4, 0.5) is 0 Å². The van der Waals surface area contributed by atoms with E-state index in [1.807, 2.05) is 45.4 Å². The largest absolute Gasteiger partial charge is 0.756 e. The van der Waals surface area contributed by atoms with Gasteiger partial charge in [-0.25, -0.2) is 0 Å². The molecule has 0 N–H and O–H groups in total. The van der Waals surface area contributed by atoms with Gasteiger partial charge in [-0.1, -0.05) is 121 Å². The summed E-state index contributed by atoms with van der Waals surface area (Å²) in [5, 5.41) is 0. The fourth-order valence-corrected chi connectivity index (χ4v) is 5.99. The van der Waals surface area contributed by atoms with Crippen LogP contribution in [-0.2, 0) is 24.8 Å². The molecule has 0 radical (unpaired) electrons. The van der Waals surface area contributed by atoms with Gasteiger partial charge in [0.2, 0.25) is 0 Å². The molecule has 0 saturated heterocycles. The molecule has 250 valence electrons. The molecular weight excluding hydrogens is 561 g/mol. The summed E-state index contributed by atoms with van der Waals surface area (Å²) in [4.78, 5) is 24.2. The van der Waals surface area contributed by atoms with Crippen molar-refractivity contribution in [2.45, 2.75) is 129 Å². The Balaban J connectivity index is 2.27. The van der Waals surface area contributed by atoms with E-state index in [0.717, 1.165) is 24.2 Å². The Morgan fingerprint density at radius 3 is 1.81 bits per heavy atom. The number of carbonyl (C=O) groups excluding carboxylic acids is 1. The van der Waals surface area contributed by atoms with Crippen LogP contribution in [0.25, 0.3) is 0 Å². The van der Waals surface area contributed by atoms with Crippen molar-refractivity contribution >= 4 is 13.6 Å². The van der Waals surface area contributed by atoms with E-state index in [1.165, 1.54) is 96.8 Å². The topological polar surface area (TPSA) is 84.9 Å². The lowest BCUT2D eigenvalue weighted by molar-refractivity contribution is -0.870. The van der Waals surface area contributed by atoms with Crippen LogP contribution in [0.2, 0.25) is 0 Å². The van der Waals surface area contributed by atoms with E-state index in [-0.39, 0.29) is 31.3 Å². The zero-order valence-electron chi connectivity index (χ0n) is 28.3. The number of carbonyl (C=O) groups is 1. The van der Waals surface area contributed by atoms with Crippen molar-refractivity contribution in [3.8, 4) is 5.75 Å². The highest BCUT2D eigenvalue weighted by atomic mass is 31.2. The number of ketones is 1. The third-order valence-electron chi connectivity index (χ3n) is 7.79. The smallest absolute Gasteiger partial charge is 0.268 e. The molecule has 0 aromatic heterocycles. The number of nitrogens with zero attached hydrogens (tertiary/aromatic N) is 1. The average molecular weight is 626 g/mol.